The molecule has 2 N–H and O–H groups in total. The number of likely N-dealkylation sites (tertiary alicyclic amines) is 1. The normalized spacial score (nSPS) is 15.6. The fourth-order valence-corrected chi connectivity index (χ4v) is 3.47. The first-order chi connectivity index (χ1) is 11.2. The lowest BCUT2D eigenvalue weighted by Gasteiger charge is -2.32. The lowest BCUT2D eigenvalue weighted by molar-refractivity contribution is -0.132. The highest BCUT2D eigenvalue weighted by molar-refractivity contribution is 7.08. The summed E-state index contributed by atoms with van der Waals surface area (Å²) in [6, 6.07) is 1.81. The standard InChI is InChI=1S/C17H27N3O2S/c1-2-18-12-14-5-9-20(10-6-14)16(21)4-3-8-19-17(22)15-7-11-23-13-15/h7,11,13-14,18H,2-6,8-10,12H2,1H3,(H,19,22). The molecule has 2 heterocycles. The Morgan fingerprint density at radius 1 is 1.35 bits per heavy atom. The fraction of sp³-hybridized carbons (Fsp3) is 0.647. The number of carbonyl (C=O) groups is 2. The summed E-state index contributed by atoms with van der Waals surface area (Å²) in [5.74, 6) is 0.864. The molecule has 0 spiro atoms. The SMILES string of the molecule is CCNCC1CCN(C(=O)CCCNC(=O)c2ccsc2)CC1. The molecule has 23 heavy (non-hydrogen) atoms. The number of nitrogens with one attached hydrogen (secondary N) is 2. The molecule has 0 aromatic carbocycles. The Morgan fingerprint density at radius 2 is 2.13 bits per heavy atom. The van der Waals surface area contributed by atoms with Crippen molar-refractivity contribution in [3.8, 4) is 0 Å². The number of hydrogen-bond acceptors (Lipinski definition) is 4. The number of hydrogen-bond donors (Lipinski definition) is 2. The minimum atomic E-state index is -0.0528. The van der Waals surface area contributed by atoms with Gasteiger partial charge in [-0.2, -0.15) is 11.3 Å². The molecule has 1 aliphatic rings. The Morgan fingerprint density at radius 3 is 2.78 bits per heavy atom. The molecule has 128 valence electrons. The van der Waals surface area contributed by atoms with Gasteiger partial charge < -0.3 is 15.5 Å². The van der Waals surface area contributed by atoms with Crippen molar-refractivity contribution in [2.45, 2.75) is 32.6 Å². The third-order valence-corrected chi connectivity index (χ3v) is 4.97. The predicted octanol–water partition coefficient (Wildman–Crippen LogP) is 2.11. The van der Waals surface area contributed by atoms with Crippen LogP contribution in [0.25, 0.3) is 0 Å². The van der Waals surface area contributed by atoms with E-state index in [2.05, 4.69) is 17.6 Å². The molecule has 5 nitrogen and oxygen atoms in total. The van der Waals surface area contributed by atoms with Gasteiger partial charge in [0.25, 0.3) is 5.91 Å². The second-order valence-corrected chi connectivity index (χ2v) is 6.78. The summed E-state index contributed by atoms with van der Waals surface area (Å²) in [5, 5.41) is 9.96. The van der Waals surface area contributed by atoms with Crippen LogP contribution in [-0.2, 0) is 4.79 Å². The van der Waals surface area contributed by atoms with Crippen molar-refractivity contribution < 1.29 is 9.59 Å². The first kappa shape index (κ1) is 17.9. The topological polar surface area (TPSA) is 61.4 Å². The molecule has 0 radical (unpaired) electrons. The van der Waals surface area contributed by atoms with Crippen LogP contribution >= 0.6 is 11.3 Å². The van der Waals surface area contributed by atoms with Gasteiger partial charge in [0.15, 0.2) is 0 Å². The van der Waals surface area contributed by atoms with Crippen molar-refractivity contribution >= 4 is 23.2 Å². The van der Waals surface area contributed by atoms with Crippen LogP contribution < -0.4 is 10.6 Å². The van der Waals surface area contributed by atoms with Gasteiger partial charge in [-0.25, -0.2) is 0 Å². The molecule has 0 aliphatic carbocycles. The minimum Gasteiger partial charge on any atom is -0.352 e. The molecule has 0 saturated carbocycles. The van der Waals surface area contributed by atoms with Gasteiger partial charge in [0.1, 0.15) is 0 Å². The van der Waals surface area contributed by atoms with E-state index in [0.29, 0.717) is 30.9 Å². The van der Waals surface area contributed by atoms with E-state index < -0.39 is 0 Å². The highest BCUT2D eigenvalue weighted by atomic mass is 32.1. The summed E-state index contributed by atoms with van der Waals surface area (Å²) in [4.78, 5) is 25.9. The molecule has 1 saturated heterocycles. The van der Waals surface area contributed by atoms with Crippen molar-refractivity contribution in [3.63, 3.8) is 0 Å². The summed E-state index contributed by atoms with van der Waals surface area (Å²) >= 11 is 1.51. The molecule has 2 amide bonds. The van der Waals surface area contributed by atoms with Gasteiger partial charge >= 0.3 is 0 Å². The van der Waals surface area contributed by atoms with Gasteiger partial charge in [-0.1, -0.05) is 6.92 Å². The Hall–Kier alpha value is -1.40. The largest absolute Gasteiger partial charge is 0.352 e. The van der Waals surface area contributed by atoms with Gasteiger partial charge in [0, 0.05) is 37.0 Å². The average molecular weight is 337 g/mol. The fourth-order valence-electron chi connectivity index (χ4n) is 2.83. The maximum Gasteiger partial charge on any atom is 0.252 e. The van der Waals surface area contributed by atoms with E-state index >= 15 is 0 Å². The molecule has 1 aromatic heterocycles. The third kappa shape index (κ3) is 5.95. The first-order valence-corrected chi connectivity index (χ1v) is 9.44. The van der Waals surface area contributed by atoms with E-state index in [0.717, 1.165) is 39.0 Å². The van der Waals surface area contributed by atoms with Crippen LogP contribution in [0.4, 0.5) is 0 Å². The van der Waals surface area contributed by atoms with E-state index in [-0.39, 0.29) is 11.8 Å². The van der Waals surface area contributed by atoms with Gasteiger partial charge in [-0.05, 0) is 49.7 Å². The second kappa shape index (κ2) is 9.67. The van der Waals surface area contributed by atoms with Crippen LogP contribution in [-0.4, -0.2) is 49.4 Å². The molecule has 0 unspecified atom stereocenters. The smallest absolute Gasteiger partial charge is 0.252 e. The molecule has 6 heteroatoms. The molecule has 1 aromatic rings. The molecule has 2 rings (SSSR count). The van der Waals surface area contributed by atoms with E-state index in [1.807, 2.05) is 21.7 Å². The summed E-state index contributed by atoms with van der Waals surface area (Å²) in [6.45, 7) is 6.49. The Kier molecular flexibility index (Phi) is 7.55. The lowest BCUT2D eigenvalue weighted by atomic mass is 9.96. The number of amides is 2. The Labute approximate surface area is 142 Å². The van der Waals surface area contributed by atoms with Gasteiger partial charge in [-0.15, -0.1) is 0 Å². The Bertz CT molecular complexity index is 482. The summed E-state index contributed by atoms with van der Waals surface area (Å²) < 4.78 is 0. The van der Waals surface area contributed by atoms with Crippen LogP contribution in [0.5, 0.6) is 0 Å². The molecule has 0 atom stereocenters. The van der Waals surface area contributed by atoms with Crippen molar-refractivity contribution in [2.75, 3.05) is 32.7 Å². The van der Waals surface area contributed by atoms with E-state index in [4.69, 9.17) is 0 Å². The summed E-state index contributed by atoms with van der Waals surface area (Å²) in [5.41, 5.74) is 0.698. The van der Waals surface area contributed by atoms with Crippen molar-refractivity contribution in [2.24, 2.45) is 5.92 Å². The monoisotopic (exact) mass is 337 g/mol. The third-order valence-electron chi connectivity index (χ3n) is 4.29. The molecule has 0 bridgehead atoms. The van der Waals surface area contributed by atoms with Crippen LogP contribution in [0.15, 0.2) is 16.8 Å². The molecule has 1 aliphatic heterocycles. The second-order valence-electron chi connectivity index (χ2n) is 6.00. The highest BCUT2D eigenvalue weighted by Gasteiger charge is 2.21. The quantitative estimate of drug-likeness (QED) is 0.714. The van der Waals surface area contributed by atoms with Crippen LogP contribution in [0.3, 0.4) is 0 Å². The number of carbonyl (C=O) groups excluding carboxylic acids is 2. The zero-order chi connectivity index (χ0) is 16.5. The zero-order valence-corrected chi connectivity index (χ0v) is 14.7. The maximum atomic E-state index is 12.2. The molecular formula is C17H27N3O2S. The maximum absolute atomic E-state index is 12.2. The molecule has 1 fully saturated rings. The number of piperidine rings is 1. The number of nitrogens with zero attached hydrogens (tertiary/aromatic N) is 1. The van der Waals surface area contributed by atoms with Crippen molar-refractivity contribution in [1.29, 1.82) is 0 Å². The highest BCUT2D eigenvalue weighted by Crippen LogP contribution is 2.17. The van der Waals surface area contributed by atoms with E-state index in [1.165, 1.54) is 11.3 Å². The van der Waals surface area contributed by atoms with Gasteiger partial charge in [0.2, 0.25) is 5.91 Å². The molecular weight excluding hydrogens is 310 g/mol. The summed E-state index contributed by atoms with van der Waals surface area (Å²) in [7, 11) is 0. The zero-order valence-electron chi connectivity index (χ0n) is 13.8. The number of rotatable bonds is 8. The van der Waals surface area contributed by atoms with Crippen molar-refractivity contribution in [1.82, 2.24) is 15.5 Å². The van der Waals surface area contributed by atoms with Crippen molar-refractivity contribution in [3.05, 3.63) is 22.4 Å². The van der Waals surface area contributed by atoms with Crippen LogP contribution in [0.1, 0.15) is 43.0 Å². The van der Waals surface area contributed by atoms with Gasteiger partial charge in [-0.3, -0.25) is 9.59 Å². The average Bonchev–Trinajstić information content (AvgIpc) is 3.11. The van der Waals surface area contributed by atoms with Crippen LogP contribution in [0.2, 0.25) is 0 Å². The predicted molar refractivity (Wildman–Crippen MR) is 93.7 cm³/mol. The van der Waals surface area contributed by atoms with Gasteiger partial charge in [0.05, 0.1) is 0 Å². The first-order valence-electron chi connectivity index (χ1n) is 8.49. The number of thiophene rings is 1. The summed E-state index contributed by atoms with van der Waals surface area (Å²) in [6.07, 6.45) is 3.40. The van der Waals surface area contributed by atoms with E-state index in [9.17, 15) is 9.59 Å². The van der Waals surface area contributed by atoms with E-state index in [1.54, 1.807) is 0 Å². The minimum absolute atomic E-state index is 0.0528. The van der Waals surface area contributed by atoms with Crippen LogP contribution in [0, 0.1) is 5.92 Å². The Balaban J connectivity index is 1.58. The lowest BCUT2D eigenvalue weighted by Crippen LogP contribution is -2.41.